The Morgan fingerprint density at radius 2 is 2.04 bits per heavy atom. The molecule has 7 nitrogen and oxygen atoms in total. The highest BCUT2D eigenvalue weighted by Crippen LogP contribution is 2.21. The number of nitrogens with zero attached hydrogens (tertiary/aromatic N) is 5. The maximum atomic E-state index is 12.2. The number of aromatic nitrogens is 4. The van der Waals surface area contributed by atoms with E-state index < -0.39 is 0 Å². The SMILES string of the molecule is CN(CC(=O)Nc1ccc(Cl)cc1)c1ncnc2c1cnn2C. The van der Waals surface area contributed by atoms with Gasteiger partial charge in [-0.3, -0.25) is 9.48 Å². The molecule has 3 rings (SSSR count). The van der Waals surface area contributed by atoms with Crippen LogP contribution in [0.15, 0.2) is 36.8 Å². The number of halogens is 1. The molecular weight excluding hydrogens is 316 g/mol. The summed E-state index contributed by atoms with van der Waals surface area (Å²) >= 11 is 5.83. The smallest absolute Gasteiger partial charge is 0.243 e. The van der Waals surface area contributed by atoms with Crippen molar-refractivity contribution in [3.63, 3.8) is 0 Å². The van der Waals surface area contributed by atoms with E-state index in [1.807, 2.05) is 7.05 Å². The molecule has 0 atom stereocenters. The first-order valence-corrected chi connectivity index (χ1v) is 7.31. The maximum absolute atomic E-state index is 12.2. The highest BCUT2D eigenvalue weighted by Gasteiger charge is 2.14. The molecule has 0 fully saturated rings. The summed E-state index contributed by atoms with van der Waals surface area (Å²) in [6, 6.07) is 6.96. The maximum Gasteiger partial charge on any atom is 0.243 e. The lowest BCUT2D eigenvalue weighted by atomic mass is 10.3. The minimum atomic E-state index is -0.148. The molecule has 0 saturated carbocycles. The van der Waals surface area contributed by atoms with Gasteiger partial charge in [0.05, 0.1) is 18.1 Å². The summed E-state index contributed by atoms with van der Waals surface area (Å²) in [4.78, 5) is 22.4. The van der Waals surface area contributed by atoms with Gasteiger partial charge in [0.2, 0.25) is 5.91 Å². The number of hydrogen-bond donors (Lipinski definition) is 1. The zero-order valence-corrected chi connectivity index (χ0v) is 13.4. The normalized spacial score (nSPS) is 10.7. The standard InChI is InChI=1S/C15H15ClN6O/c1-21(8-13(23)20-11-5-3-10(16)4-6-11)14-12-7-19-22(2)15(12)18-9-17-14/h3-7,9H,8H2,1-2H3,(H,20,23). The van der Waals surface area contributed by atoms with E-state index in [2.05, 4.69) is 20.4 Å². The molecule has 2 heterocycles. The second kappa shape index (κ2) is 6.21. The molecule has 0 aliphatic carbocycles. The van der Waals surface area contributed by atoms with Gasteiger partial charge in [0, 0.05) is 24.8 Å². The molecule has 23 heavy (non-hydrogen) atoms. The molecule has 3 aromatic rings. The Morgan fingerprint density at radius 1 is 1.30 bits per heavy atom. The first-order valence-electron chi connectivity index (χ1n) is 6.94. The third kappa shape index (κ3) is 3.24. The predicted octanol–water partition coefficient (Wildman–Crippen LogP) is 2.09. The lowest BCUT2D eigenvalue weighted by molar-refractivity contribution is -0.114. The van der Waals surface area contributed by atoms with Crippen LogP contribution in [0.5, 0.6) is 0 Å². The molecule has 0 aliphatic heterocycles. The number of aryl methyl sites for hydroxylation is 1. The predicted molar refractivity (Wildman–Crippen MR) is 89.7 cm³/mol. The molecule has 0 saturated heterocycles. The van der Waals surface area contributed by atoms with Gasteiger partial charge >= 0.3 is 0 Å². The van der Waals surface area contributed by atoms with Crippen molar-refractivity contribution >= 4 is 40.0 Å². The molecule has 1 amide bonds. The molecule has 0 unspecified atom stereocenters. The van der Waals surface area contributed by atoms with Crippen molar-refractivity contribution in [2.75, 3.05) is 23.8 Å². The van der Waals surface area contributed by atoms with Crippen LogP contribution in [0.4, 0.5) is 11.5 Å². The number of fused-ring (bicyclic) bond motifs is 1. The third-order valence-corrected chi connectivity index (χ3v) is 3.63. The number of nitrogens with one attached hydrogen (secondary N) is 1. The van der Waals surface area contributed by atoms with Crippen LogP contribution >= 0.6 is 11.6 Å². The zero-order valence-electron chi connectivity index (χ0n) is 12.7. The fourth-order valence-electron chi connectivity index (χ4n) is 2.28. The molecule has 1 aromatic carbocycles. The van der Waals surface area contributed by atoms with Gasteiger partial charge in [-0.25, -0.2) is 9.97 Å². The van der Waals surface area contributed by atoms with Crippen LogP contribution in [0, 0.1) is 0 Å². The summed E-state index contributed by atoms with van der Waals surface area (Å²) in [5.74, 6) is 0.514. The van der Waals surface area contributed by atoms with Gasteiger partial charge < -0.3 is 10.2 Å². The van der Waals surface area contributed by atoms with E-state index >= 15 is 0 Å². The summed E-state index contributed by atoms with van der Waals surface area (Å²) in [6.07, 6.45) is 3.16. The highest BCUT2D eigenvalue weighted by molar-refractivity contribution is 6.30. The minimum absolute atomic E-state index is 0.148. The average Bonchev–Trinajstić information content (AvgIpc) is 2.91. The van der Waals surface area contributed by atoms with E-state index in [1.165, 1.54) is 6.33 Å². The summed E-state index contributed by atoms with van der Waals surface area (Å²) in [5, 5.41) is 8.42. The lowest BCUT2D eigenvalue weighted by Crippen LogP contribution is -2.30. The van der Waals surface area contributed by atoms with Crippen LogP contribution in [-0.4, -0.2) is 39.2 Å². The first-order chi connectivity index (χ1) is 11.0. The largest absolute Gasteiger partial charge is 0.350 e. The van der Waals surface area contributed by atoms with Gasteiger partial charge in [-0.2, -0.15) is 5.10 Å². The van der Waals surface area contributed by atoms with Crippen molar-refractivity contribution in [1.82, 2.24) is 19.7 Å². The Bertz CT molecular complexity index is 845. The van der Waals surface area contributed by atoms with Crippen molar-refractivity contribution in [1.29, 1.82) is 0 Å². The van der Waals surface area contributed by atoms with E-state index in [9.17, 15) is 4.79 Å². The van der Waals surface area contributed by atoms with Crippen molar-refractivity contribution in [3.05, 3.63) is 41.8 Å². The number of carbonyl (C=O) groups is 1. The molecular formula is C15H15ClN6O. The van der Waals surface area contributed by atoms with E-state index in [1.54, 1.807) is 47.1 Å². The number of hydrogen-bond acceptors (Lipinski definition) is 5. The minimum Gasteiger partial charge on any atom is -0.350 e. The molecule has 8 heteroatoms. The van der Waals surface area contributed by atoms with E-state index in [4.69, 9.17) is 11.6 Å². The number of carbonyl (C=O) groups excluding carboxylic acids is 1. The van der Waals surface area contributed by atoms with Gasteiger partial charge in [0.25, 0.3) is 0 Å². The number of amides is 1. The zero-order chi connectivity index (χ0) is 16.4. The molecule has 0 spiro atoms. The fourth-order valence-corrected chi connectivity index (χ4v) is 2.40. The quantitative estimate of drug-likeness (QED) is 0.792. The van der Waals surface area contributed by atoms with E-state index in [-0.39, 0.29) is 12.5 Å². The van der Waals surface area contributed by atoms with Crippen LogP contribution in [0.25, 0.3) is 11.0 Å². The average molecular weight is 331 g/mol. The molecule has 0 radical (unpaired) electrons. The van der Waals surface area contributed by atoms with E-state index in [0.29, 0.717) is 16.5 Å². The van der Waals surface area contributed by atoms with Crippen molar-refractivity contribution < 1.29 is 4.79 Å². The summed E-state index contributed by atoms with van der Waals surface area (Å²) in [7, 11) is 3.61. The summed E-state index contributed by atoms with van der Waals surface area (Å²) in [6.45, 7) is 0.156. The third-order valence-electron chi connectivity index (χ3n) is 3.38. The van der Waals surface area contributed by atoms with Crippen molar-refractivity contribution in [2.24, 2.45) is 7.05 Å². The fraction of sp³-hybridized carbons (Fsp3) is 0.200. The number of anilines is 2. The monoisotopic (exact) mass is 330 g/mol. The Kier molecular flexibility index (Phi) is 4.12. The van der Waals surface area contributed by atoms with Gasteiger partial charge in [0.15, 0.2) is 5.65 Å². The lowest BCUT2D eigenvalue weighted by Gasteiger charge is -2.18. The summed E-state index contributed by atoms with van der Waals surface area (Å²) in [5.41, 5.74) is 1.42. The Labute approximate surface area is 137 Å². The van der Waals surface area contributed by atoms with Gasteiger partial charge in [0.1, 0.15) is 12.1 Å². The number of benzene rings is 1. The van der Waals surface area contributed by atoms with Crippen LogP contribution in [0.1, 0.15) is 0 Å². The van der Waals surface area contributed by atoms with Crippen LogP contribution in [0.2, 0.25) is 5.02 Å². The highest BCUT2D eigenvalue weighted by atomic mass is 35.5. The topological polar surface area (TPSA) is 75.9 Å². The van der Waals surface area contributed by atoms with Crippen LogP contribution in [0.3, 0.4) is 0 Å². The van der Waals surface area contributed by atoms with Crippen molar-refractivity contribution in [2.45, 2.75) is 0 Å². The Hall–Kier alpha value is -2.67. The van der Waals surface area contributed by atoms with Crippen LogP contribution < -0.4 is 10.2 Å². The molecule has 2 aromatic heterocycles. The Balaban J connectivity index is 1.74. The summed E-state index contributed by atoms with van der Waals surface area (Å²) < 4.78 is 1.67. The number of rotatable bonds is 4. The molecule has 118 valence electrons. The molecule has 0 bridgehead atoms. The van der Waals surface area contributed by atoms with Gasteiger partial charge in [-0.1, -0.05) is 11.6 Å². The molecule has 0 aliphatic rings. The second-order valence-electron chi connectivity index (χ2n) is 5.11. The Morgan fingerprint density at radius 3 is 2.78 bits per heavy atom. The van der Waals surface area contributed by atoms with Crippen molar-refractivity contribution in [3.8, 4) is 0 Å². The van der Waals surface area contributed by atoms with E-state index in [0.717, 1.165) is 11.0 Å². The van der Waals surface area contributed by atoms with Gasteiger partial charge in [-0.05, 0) is 24.3 Å². The first kappa shape index (κ1) is 15.2. The molecule has 1 N–H and O–H groups in total. The van der Waals surface area contributed by atoms with Gasteiger partial charge in [-0.15, -0.1) is 0 Å². The number of likely N-dealkylation sites (N-methyl/N-ethyl adjacent to an activating group) is 1. The van der Waals surface area contributed by atoms with Crippen LogP contribution in [-0.2, 0) is 11.8 Å². The second-order valence-corrected chi connectivity index (χ2v) is 5.55.